The number of hydrogen-bond donors (Lipinski definition) is 1. The van der Waals surface area contributed by atoms with Crippen LogP contribution in [0.3, 0.4) is 0 Å². The lowest BCUT2D eigenvalue weighted by molar-refractivity contribution is 0.565. The highest BCUT2D eigenvalue weighted by Crippen LogP contribution is 2.17. The molecular weight excluding hydrogens is 212 g/mol. The standard InChI is InChI=1S/C13H18N4/c1-2-3-4-5-6-7-11(8-14)13(17)12(9-15)10-16/h11H,2-7,17H2,1H3. The molecule has 0 bridgehead atoms. The highest BCUT2D eigenvalue weighted by atomic mass is 14.6. The van der Waals surface area contributed by atoms with E-state index in [1.807, 2.05) is 0 Å². The molecule has 4 heteroatoms. The van der Waals surface area contributed by atoms with Crippen LogP contribution in [0.4, 0.5) is 0 Å². The lowest BCUT2D eigenvalue weighted by Crippen LogP contribution is -2.12. The van der Waals surface area contributed by atoms with Gasteiger partial charge in [-0.25, -0.2) is 0 Å². The summed E-state index contributed by atoms with van der Waals surface area (Å²) >= 11 is 0. The minimum absolute atomic E-state index is 0.119. The van der Waals surface area contributed by atoms with Crippen LogP contribution in [0.5, 0.6) is 0 Å². The topological polar surface area (TPSA) is 97.4 Å². The van der Waals surface area contributed by atoms with Crippen LogP contribution in [0.25, 0.3) is 0 Å². The molecule has 1 atom stereocenters. The molecule has 0 aliphatic heterocycles. The van der Waals surface area contributed by atoms with Crippen LogP contribution >= 0.6 is 0 Å². The van der Waals surface area contributed by atoms with E-state index in [2.05, 4.69) is 13.0 Å². The summed E-state index contributed by atoms with van der Waals surface area (Å²) in [5.74, 6) is -0.508. The van der Waals surface area contributed by atoms with E-state index in [1.165, 1.54) is 12.8 Å². The van der Waals surface area contributed by atoms with Gasteiger partial charge in [0, 0.05) is 0 Å². The van der Waals surface area contributed by atoms with E-state index < -0.39 is 5.92 Å². The summed E-state index contributed by atoms with van der Waals surface area (Å²) in [5.41, 5.74) is 5.63. The molecular formula is C13H18N4. The Balaban J connectivity index is 4.28. The van der Waals surface area contributed by atoms with Crippen LogP contribution in [0.2, 0.25) is 0 Å². The Bertz CT molecular complexity index is 360. The van der Waals surface area contributed by atoms with Gasteiger partial charge in [-0.2, -0.15) is 15.8 Å². The Morgan fingerprint density at radius 2 is 1.65 bits per heavy atom. The van der Waals surface area contributed by atoms with Crippen LogP contribution < -0.4 is 5.73 Å². The lowest BCUT2D eigenvalue weighted by Gasteiger charge is -2.09. The molecule has 0 aliphatic carbocycles. The van der Waals surface area contributed by atoms with Gasteiger partial charge in [-0.3, -0.25) is 0 Å². The summed E-state index contributed by atoms with van der Waals surface area (Å²) < 4.78 is 0. The smallest absolute Gasteiger partial charge is 0.149 e. The number of nitriles is 3. The molecule has 0 aromatic carbocycles. The van der Waals surface area contributed by atoms with Crippen LogP contribution in [0.15, 0.2) is 11.3 Å². The number of hydrogen-bond acceptors (Lipinski definition) is 4. The monoisotopic (exact) mass is 230 g/mol. The van der Waals surface area contributed by atoms with E-state index in [-0.39, 0.29) is 11.3 Å². The zero-order valence-corrected chi connectivity index (χ0v) is 10.2. The van der Waals surface area contributed by atoms with Crippen molar-refractivity contribution in [2.75, 3.05) is 0 Å². The lowest BCUT2D eigenvalue weighted by atomic mass is 9.96. The first kappa shape index (κ1) is 15.0. The Morgan fingerprint density at radius 1 is 1.06 bits per heavy atom. The van der Waals surface area contributed by atoms with Crippen LogP contribution in [0.1, 0.15) is 45.4 Å². The van der Waals surface area contributed by atoms with Crippen molar-refractivity contribution in [3.63, 3.8) is 0 Å². The summed E-state index contributed by atoms with van der Waals surface area (Å²) in [6.45, 7) is 2.14. The predicted octanol–water partition coefficient (Wildman–Crippen LogP) is 2.75. The van der Waals surface area contributed by atoms with E-state index in [9.17, 15) is 0 Å². The van der Waals surface area contributed by atoms with Crippen LogP contribution in [-0.2, 0) is 0 Å². The second kappa shape index (κ2) is 9.25. The van der Waals surface area contributed by atoms with E-state index in [0.29, 0.717) is 6.42 Å². The first-order valence-electron chi connectivity index (χ1n) is 5.90. The Kier molecular flexibility index (Phi) is 8.17. The average molecular weight is 230 g/mol. The molecule has 0 aromatic rings. The normalized spacial score (nSPS) is 10.7. The van der Waals surface area contributed by atoms with Gasteiger partial charge in [0.1, 0.15) is 17.7 Å². The van der Waals surface area contributed by atoms with E-state index >= 15 is 0 Å². The summed E-state index contributed by atoms with van der Waals surface area (Å²) in [5, 5.41) is 26.3. The van der Waals surface area contributed by atoms with Crippen LogP contribution in [0, 0.1) is 39.9 Å². The zero-order valence-electron chi connectivity index (χ0n) is 10.2. The average Bonchev–Trinajstić information content (AvgIpc) is 2.35. The fraction of sp³-hybridized carbons (Fsp3) is 0.615. The van der Waals surface area contributed by atoms with E-state index in [4.69, 9.17) is 21.5 Å². The molecule has 0 fully saturated rings. The van der Waals surface area contributed by atoms with Gasteiger partial charge in [0.2, 0.25) is 0 Å². The molecule has 0 rings (SSSR count). The third-order valence-electron chi connectivity index (χ3n) is 2.64. The summed E-state index contributed by atoms with van der Waals surface area (Å²) in [6.07, 6.45) is 6.12. The first-order chi connectivity index (χ1) is 8.21. The van der Waals surface area contributed by atoms with Crippen LogP contribution in [-0.4, -0.2) is 0 Å². The van der Waals surface area contributed by atoms with Gasteiger partial charge in [0.05, 0.1) is 17.7 Å². The fourth-order valence-electron chi connectivity index (χ4n) is 1.57. The minimum Gasteiger partial charge on any atom is -0.399 e. The van der Waals surface area contributed by atoms with Crippen molar-refractivity contribution in [3.05, 3.63) is 11.3 Å². The molecule has 0 saturated heterocycles. The van der Waals surface area contributed by atoms with Gasteiger partial charge in [-0.15, -0.1) is 0 Å². The van der Waals surface area contributed by atoms with Gasteiger partial charge in [-0.05, 0) is 6.42 Å². The number of rotatable bonds is 7. The van der Waals surface area contributed by atoms with Gasteiger partial charge < -0.3 is 5.73 Å². The van der Waals surface area contributed by atoms with E-state index in [1.54, 1.807) is 12.1 Å². The molecule has 4 nitrogen and oxygen atoms in total. The highest BCUT2D eigenvalue weighted by Gasteiger charge is 2.14. The molecule has 0 radical (unpaired) electrons. The van der Waals surface area contributed by atoms with Crippen molar-refractivity contribution < 1.29 is 0 Å². The van der Waals surface area contributed by atoms with Crippen molar-refractivity contribution in [2.24, 2.45) is 11.7 Å². The number of nitrogens with zero attached hydrogens (tertiary/aromatic N) is 3. The third kappa shape index (κ3) is 5.59. The molecule has 2 N–H and O–H groups in total. The summed E-state index contributed by atoms with van der Waals surface area (Å²) in [4.78, 5) is 0. The maximum absolute atomic E-state index is 8.96. The van der Waals surface area contributed by atoms with Crippen molar-refractivity contribution >= 4 is 0 Å². The van der Waals surface area contributed by atoms with Gasteiger partial charge in [0.15, 0.2) is 0 Å². The minimum atomic E-state index is -0.508. The molecule has 0 saturated carbocycles. The molecule has 17 heavy (non-hydrogen) atoms. The molecule has 0 heterocycles. The van der Waals surface area contributed by atoms with Crippen molar-refractivity contribution in [1.29, 1.82) is 15.8 Å². The van der Waals surface area contributed by atoms with Crippen molar-refractivity contribution in [3.8, 4) is 18.2 Å². The maximum Gasteiger partial charge on any atom is 0.149 e. The van der Waals surface area contributed by atoms with Gasteiger partial charge in [-0.1, -0.05) is 39.0 Å². The second-order valence-corrected chi connectivity index (χ2v) is 3.94. The maximum atomic E-state index is 8.96. The van der Waals surface area contributed by atoms with Gasteiger partial charge >= 0.3 is 0 Å². The second-order valence-electron chi connectivity index (χ2n) is 3.94. The molecule has 0 aromatic heterocycles. The molecule has 0 spiro atoms. The molecule has 1 unspecified atom stereocenters. The molecule has 0 amide bonds. The molecule has 90 valence electrons. The van der Waals surface area contributed by atoms with Gasteiger partial charge in [0.25, 0.3) is 0 Å². The third-order valence-corrected chi connectivity index (χ3v) is 2.64. The van der Waals surface area contributed by atoms with E-state index in [0.717, 1.165) is 19.3 Å². The fourth-order valence-corrected chi connectivity index (χ4v) is 1.57. The number of unbranched alkanes of at least 4 members (excludes halogenated alkanes) is 4. The Labute approximate surface area is 103 Å². The van der Waals surface area contributed by atoms with Crippen molar-refractivity contribution in [1.82, 2.24) is 0 Å². The zero-order chi connectivity index (χ0) is 13.1. The highest BCUT2D eigenvalue weighted by molar-refractivity contribution is 5.41. The Morgan fingerprint density at radius 3 is 2.12 bits per heavy atom. The number of allylic oxidation sites excluding steroid dienone is 2. The number of nitrogens with two attached hydrogens (primary N) is 1. The summed E-state index contributed by atoms with van der Waals surface area (Å²) in [6, 6.07) is 5.50. The summed E-state index contributed by atoms with van der Waals surface area (Å²) in [7, 11) is 0. The van der Waals surface area contributed by atoms with Crippen molar-refractivity contribution in [2.45, 2.75) is 45.4 Å². The quantitative estimate of drug-likeness (QED) is 0.537. The molecule has 0 aliphatic rings. The predicted molar refractivity (Wildman–Crippen MR) is 64.9 cm³/mol. The first-order valence-corrected chi connectivity index (χ1v) is 5.90. The Hall–Kier alpha value is -1.99. The SMILES string of the molecule is CCCCCCCC(C#N)C(N)=C(C#N)C#N. The largest absolute Gasteiger partial charge is 0.399 e.